The van der Waals surface area contributed by atoms with Gasteiger partial charge in [0.15, 0.2) is 0 Å². The lowest BCUT2D eigenvalue weighted by molar-refractivity contribution is -0.144. The molecule has 0 unspecified atom stereocenters. The molecular formula is C57H88Cl2N10O8. The van der Waals surface area contributed by atoms with Crippen molar-refractivity contribution in [3.05, 3.63) is 70.8 Å². The number of nitrogens with zero attached hydrogens (tertiary/aromatic N) is 2. The Morgan fingerprint density at radius 1 is 0.545 bits per heavy atom. The number of carbonyl (C=O) groups is 8. The first-order chi connectivity index (χ1) is 35.2. The standard InChI is InChI=1S/C57H86N10O8.2ClH/c1-33(58-11)49(70)64-47(55(3,4)5)53(74)66-31-37(27-43(66)51(72)62-41-25-17-21-35-19-13-15-23-39(35)41)60-45(68)29-57(9,10)30-46(69)61-38-28-44(52(73)63-42-26-18-22-36-20-14-16-24-40(36)42)67(32-38)54(75)48(56(6,7)8)65-50(71)34(2)59-12;;/h13-16,19-20,23-24,33-34,37-38,41-44,47-48,58-59H,17-18,21-22,25-32H2,1-12H3,(H,60,68)(H,61,69)(H,62,72)(H,63,73)(H,64,70)(H,65,71);2*1H/t33-,34-,37-,38-,41+,42+,43-,44-,47+,48+;;/m0../s1. The summed E-state index contributed by atoms with van der Waals surface area (Å²) in [5.41, 5.74) is 2.11. The molecule has 10 atom stereocenters. The van der Waals surface area contributed by atoms with Crippen molar-refractivity contribution in [1.82, 2.24) is 52.3 Å². The second-order valence-electron chi connectivity index (χ2n) is 24.5. The van der Waals surface area contributed by atoms with Crippen LogP contribution in [0.5, 0.6) is 0 Å². The number of likely N-dealkylation sites (tertiary alicyclic amines) is 2. The Morgan fingerprint density at radius 2 is 0.896 bits per heavy atom. The second-order valence-corrected chi connectivity index (χ2v) is 24.5. The van der Waals surface area contributed by atoms with Gasteiger partial charge in [-0.05, 0) is 118 Å². The highest BCUT2D eigenvalue weighted by molar-refractivity contribution is 5.96. The normalized spacial score (nSPS) is 22.7. The van der Waals surface area contributed by atoms with E-state index in [1.54, 1.807) is 27.9 Å². The molecule has 2 saturated heterocycles. The van der Waals surface area contributed by atoms with Gasteiger partial charge in [0.05, 0.1) is 24.2 Å². The molecule has 18 nitrogen and oxygen atoms in total. The number of rotatable bonds is 18. The number of likely N-dealkylation sites (N-methyl/N-ethyl adjacent to an activating group) is 2. The van der Waals surface area contributed by atoms with Crippen molar-refractivity contribution < 1.29 is 38.4 Å². The lowest BCUT2D eigenvalue weighted by Gasteiger charge is -2.36. The molecule has 8 N–H and O–H groups in total. The number of carbonyl (C=O) groups excluding carboxylic acids is 8. The summed E-state index contributed by atoms with van der Waals surface area (Å²) >= 11 is 0. The zero-order chi connectivity index (χ0) is 55.2. The van der Waals surface area contributed by atoms with Crippen LogP contribution in [-0.2, 0) is 51.2 Å². The maximum Gasteiger partial charge on any atom is 0.246 e. The Bertz CT molecular complexity index is 2280. The molecule has 0 saturated carbocycles. The minimum atomic E-state index is -0.976. The molecule has 6 rings (SSSR count). The first-order valence-electron chi connectivity index (χ1n) is 27.1. The molecule has 2 heterocycles. The van der Waals surface area contributed by atoms with Crippen molar-refractivity contribution in [3.63, 3.8) is 0 Å². The summed E-state index contributed by atoms with van der Waals surface area (Å²) in [7, 11) is 3.32. The fourth-order valence-corrected chi connectivity index (χ4v) is 11.1. The van der Waals surface area contributed by atoms with Gasteiger partial charge >= 0.3 is 0 Å². The van der Waals surface area contributed by atoms with Crippen LogP contribution in [0.25, 0.3) is 0 Å². The van der Waals surface area contributed by atoms with Crippen LogP contribution in [0.4, 0.5) is 0 Å². The van der Waals surface area contributed by atoms with Crippen LogP contribution in [0.3, 0.4) is 0 Å². The van der Waals surface area contributed by atoms with Crippen molar-refractivity contribution in [2.45, 2.75) is 194 Å². The van der Waals surface area contributed by atoms with Crippen molar-refractivity contribution in [2.24, 2.45) is 16.2 Å². The van der Waals surface area contributed by atoms with E-state index in [2.05, 4.69) is 54.7 Å². The quantitative estimate of drug-likeness (QED) is 0.104. The Balaban J connectivity index is 0.00000640. The summed E-state index contributed by atoms with van der Waals surface area (Å²) in [6, 6.07) is 9.36. The Labute approximate surface area is 468 Å². The number of hydrogen-bond donors (Lipinski definition) is 8. The molecule has 2 aliphatic carbocycles. The molecule has 8 amide bonds. The van der Waals surface area contributed by atoms with Crippen LogP contribution < -0.4 is 42.5 Å². The minimum Gasteiger partial charge on any atom is -0.351 e. The van der Waals surface area contributed by atoms with Gasteiger partial charge in [0.2, 0.25) is 47.3 Å². The first-order valence-corrected chi connectivity index (χ1v) is 27.1. The number of hydrogen-bond acceptors (Lipinski definition) is 10. The van der Waals surface area contributed by atoms with Crippen molar-refractivity contribution in [1.29, 1.82) is 0 Å². The zero-order valence-corrected chi connectivity index (χ0v) is 49.0. The van der Waals surface area contributed by atoms with E-state index in [0.29, 0.717) is 0 Å². The molecule has 2 aromatic rings. The summed E-state index contributed by atoms with van der Waals surface area (Å²) in [4.78, 5) is 116. The highest BCUT2D eigenvalue weighted by atomic mass is 35.5. The van der Waals surface area contributed by atoms with Gasteiger partial charge in [-0.15, -0.1) is 24.8 Å². The highest BCUT2D eigenvalue weighted by Gasteiger charge is 2.48. The zero-order valence-electron chi connectivity index (χ0n) is 47.4. The predicted molar refractivity (Wildman–Crippen MR) is 302 cm³/mol. The van der Waals surface area contributed by atoms with E-state index in [9.17, 15) is 38.4 Å². The van der Waals surface area contributed by atoms with E-state index in [1.165, 1.54) is 20.9 Å². The molecule has 0 spiro atoms. The van der Waals surface area contributed by atoms with Gasteiger partial charge in [0.25, 0.3) is 0 Å². The Morgan fingerprint density at radius 3 is 1.23 bits per heavy atom. The van der Waals surface area contributed by atoms with Crippen LogP contribution in [0.2, 0.25) is 0 Å². The van der Waals surface area contributed by atoms with Gasteiger partial charge in [-0.3, -0.25) is 38.4 Å². The van der Waals surface area contributed by atoms with Crippen LogP contribution in [-0.4, -0.2) is 133 Å². The van der Waals surface area contributed by atoms with Crippen LogP contribution >= 0.6 is 24.8 Å². The van der Waals surface area contributed by atoms with Gasteiger partial charge in [0, 0.05) is 38.0 Å². The summed E-state index contributed by atoms with van der Waals surface area (Å²) in [6.07, 6.45) is 5.25. The second kappa shape index (κ2) is 27.0. The average Bonchev–Trinajstić information content (AvgIpc) is 3.97. The van der Waals surface area contributed by atoms with Gasteiger partial charge < -0.3 is 52.3 Å². The number of aryl methyl sites for hydroxylation is 2. The molecule has 0 radical (unpaired) electrons. The number of benzene rings is 2. The molecule has 0 bridgehead atoms. The summed E-state index contributed by atoms with van der Waals surface area (Å²) in [6.45, 7) is 18.2. The van der Waals surface area contributed by atoms with E-state index < -0.39 is 76.4 Å². The highest BCUT2D eigenvalue weighted by Crippen LogP contribution is 2.34. The largest absolute Gasteiger partial charge is 0.351 e. The average molecular weight is 1110 g/mol. The van der Waals surface area contributed by atoms with E-state index in [-0.39, 0.29) is 111 Å². The van der Waals surface area contributed by atoms with E-state index in [4.69, 9.17) is 0 Å². The predicted octanol–water partition coefficient (Wildman–Crippen LogP) is 4.47. The number of fused-ring (bicyclic) bond motifs is 2. The number of amides is 8. The molecule has 0 aromatic heterocycles. The topological polar surface area (TPSA) is 239 Å². The maximum atomic E-state index is 14.7. The SMILES string of the molecule is CN[C@@H](C)C(=O)N[C@H](C(=O)N1C[C@@H](NC(=O)CC(C)(C)CC(=O)N[C@H]2C[C@@H](C(=O)N[C@@H]3CCCc4ccccc43)N(C(=O)[C@@H](NC(=O)[C@H](C)NC)C(C)(C)C)C2)C[C@H]1C(=O)N[C@@H]1CCCc2ccccc21)C(C)(C)C.Cl.Cl. The van der Waals surface area contributed by atoms with Crippen LogP contribution in [0, 0.1) is 16.2 Å². The lowest BCUT2D eigenvalue weighted by atomic mass is 9.84. The molecule has 2 aromatic carbocycles. The molecule has 77 heavy (non-hydrogen) atoms. The third-order valence-corrected chi connectivity index (χ3v) is 15.6. The summed E-state index contributed by atoms with van der Waals surface area (Å²) in [5.74, 6) is -2.98. The van der Waals surface area contributed by atoms with Crippen LogP contribution in [0.1, 0.15) is 155 Å². The molecular weight excluding hydrogens is 1020 g/mol. The first kappa shape index (κ1) is 64.2. The molecule has 4 aliphatic rings. The van der Waals surface area contributed by atoms with E-state index in [1.807, 2.05) is 91.8 Å². The van der Waals surface area contributed by atoms with Gasteiger partial charge in [-0.25, -0.2) is 0 Å². The van der Waals surface area contributed by atoms with Crippen molar-refractivity contribution >= 4 is 72.1 Å². The van der Waals surface area contributed by atoms with Crippen molar-refractivity contribution in [2.75, 3.05) is 27.2 Å². The number of nitrogens with one attached hydrogen (secondary N) is 8. The fraction of sp³-hybridized carbons (Fsp3) is 0.649. The molecule has 20 heteroatoms. The summed E-state index contributed by atoms with van der Waals surface area (Å²) < 4.78 is 0. The third-order valence-electron chi connectivity index (χ3n) is 15.6. The Hall–Kier alpha value is -5.30. The minimum absolute atomic E-state index is 0. The van der Waals surface area contributed by atoms with Gasteiger partial charge in [-0.1, -0.05) is 104 Å². The van der Waals surface area contributed by atoms with Crippen LogP contribution in [0.15, 0.2) is 48.5 Å². The molecule has 2 aliphatic heterocycles. The van der Waals surface area contributed by atoms with E-state index in [0.717, 1.165) is 49.7 Å². The summed E-state index contributed by atoms with van der Waals surface area (Å²) in [5, 5.41) is 24.3. The smallest absolute Gasteiger partial charge is 0.246 e. The molecule has 428 valence electrons. The Kier molecular flexibility index (Phi) is 22.6. The van der Waals surface area contributed by atoms with Gasteiger partial charge in [-0.2, -0.15) is 0 Å². The van der Waals surface area contributed by atoms with Crippen molar-refractivity contribution in [3.8, 4) is 0 Å². The molecule has 2 fully saturated rings. The third kappa shape index (κ3) is 16.4. The van der Waals surface area contributed by atoms with E-state index >= 15 is 0 Å². The van der Waals surface area contributed by atoms with Gasteiger partial charge in [0.1, 0.15) is 24.2 Å². The monoisotopic (exact) mass is 1110 g/mol. The fourth-order valence-electron chi connectivity index (χ4n) is 11.1. The lowest BCUT2D eigenvalue weighted by Crippen LogP contribution is -2.59. The number of halogens is 2. The maximum absolute atomic E-state index is 14.7.